The molecule has 0 aliphatic rings. The van der Waals surface area contributed by atoms with E-state index in [0.717, 1.165) is 16.7 Å². The highest BCUT2D eigenvalue weighted by atomic mass is 127. The minimum atomic E-state index is 0.146. The molecule has 2 heteroatoms. The molecule has 0 bridgehead atoms. The van der Waals surface area contributed by atoms with Crippen molar-refractivity contribution >= 4 is 22.6 Å². The van der Waals surface area contributed by atoms with Crippen LogP contribution in [0.5, 0.6) is 0 Å². The van der Waals surface area contributed by atoms with E-state index in [1.165, 1.54) is 9.13 Å². The molecule has 19 heavy (non-hydrogen) atoms. The number of rotatable bonds is 1. The molecule has 2 aromatic rings. The Labute approximate surface area is 128 Å². The number of halogens is 1. The van der Waals surface area contributed by atoms with Crippen LogP contribution in [0.2, 0.25) is 0 Å². The third-order valence-electron chi connectivity index (χ3n) is 3.17. The zero-order valence-electron chi connectivity index (χ0n) is 11.4. The SMILES string of the molecule is CC(C)(C)c1ccc(-c2ccccc2C#N)c(I)c1. The Bertz CT molecular complexity index is 645. The highest BCUT2D eigenvalue weighted by Crippen LogP contribution is 2.32. The largest absolute Gasteiger partial charge is 0.192 e. The fourth-order valence-electron chi connectivity index (χ4n) is 2.02. The van der Waals surface area contributed by atoms with Crippen LogP contribution >= 0.6 is 22.6 Å². The van der Waals surface area contributed by atoms with Crippen molar-refractivity contribution in [3.63, 3.8) is 0 Å². The molecule has 2 aromatic carbocycles. The molecular formula is C17H16IN. The first kappa shape index (κ1) is 14.1. The van der Waals surface area contributed by atoms with Gasteiger partial charge in [0, 0.05) is 9.13 Å². The van der Waals surface area contributed by atoms with Gasteiger partial charge >= 0.3 is 0 Å². The first-order chi connectivity index (χ1) is 8.93. The standard InChI is InChI=1S/C17H16IN/c1-17(2,3)13-8-9-15(16(18)10-13)14-7-5-4-6-12(14)11-19/h4-10H,1-3H3. The molecule has 0 atom stereocenters. The van der Waals surface area contributed by atoms with Gasteiger partial charge in [-0.2, -0.15) is 5.26 Å². The van der Waals surface area contributed by atoms with Gasteiger partial charge in [0.2, 0.25) is 0 Å². The topological polar surface area (TPSA) is 23.8 Å². The van der Waals surface area contributed by atoms with Crippen LogP contribution < -0.4 is 0 Å². The molecule has 0 N–H and O–H groups in total. The van der Waals surface area contributed by atoms with E-state index >= 15 is 0 Å². The first-order valence-electron chi connectivity index (χ1n) is 6.23. The Morgan fingerprint density at radius 1 is 1.00 bits per heavy atom. The fourth-order valence-corrected chi connectivity index (χ4v) is 2.82. The lowest BCUT2D eigenvalue weighted by atomic mass is 9.86. The predicted molar refractivity (Wildman–Crippen MR) is 88.0 cm³/mol. The van der Waals surface area contributed by atoms with E-state index in [1.807, 2.05) is 24.3 Å². The molecule has 0 fully saturated rings. The predicted octanol–water partition coefficient (Wildman–Crippen LogP) is 5.13. The van der Waals surface area contributed by atoms with Crippen molar-refractivity contribution in [2.75, 3.05) is 0 Å². The van der Waals surface area contributed by atoms with Gasteiger partial charge in [-0.3, -0.25) is 0 Å². The Morgan fingerprint density at radius 2 is 1.68 bits per heavy atom. The average molecular weight is 361 g/mol. The third kappa shape index (κ3) is 2.98. The maximum Gasteiger partial charge on any atom is 0.0998 e. The molecule has 0 unspecified atom stereocenters. The van der Waals surface area contributed by atoms with Gasteiger partial charge in [-0.05, 0) is 51.3 Å². The second-order valence-electron chi connectivity index (χ2n) is 5.60. The first-order valence-corrected chi connectivity index (χ1v) is 7.31. The summed E-state index contributed by atoms with van der Waals surface area (Å²) in [6, 6.07) is 16.5. The summed E-state index contributed by atoms with van der Waals surface area (Å²) in [6.45, 7) is 6.63. The average Bonchev–Trinajstić information content (AvgIpc) is 2.37. The van der Waals surface area contributed by atoms with Gasteiger partial charge in [-0.1, -0.05) is 51.1 Å². The van der Waals surface area contributed by atoms with Gasteiger partial charge in [0.05, 0.1) is 11.6 Å². The van der Waals surface area contributed by atoms with E-state index in [2.05, 4.69) is 67.6 Å². The molecule has 0 heterocycles. The van der Waals surface area contributed by atoms with Crippen LogP contribution in [-0.4, -0.2) is 0 Å². The molecule has 0 saturated heterocycles. The van der Waals surface area contributed by atoms with Crippen LogP contribution in [-0.2, 0) is 5.41 Å². The summed E-state index contributed by atoms with van der Waals surface area (Å²) in [5.41, 5.74) is 4.33. The number of hydrogen-bond acceptors (Lipinski definition) is 1. The van der Waals surface area contributed by atoms with Gasteiger partial charge in [-0.25, -0.2) is 0 Å². The molecule has 0 saturated carbocycles. The second-order valence-corrected chi connectivity index (χ2v) is 6.76. The summed E-state index contributed by atoms with van der Waals surface area (Å²) < 4.78 is 1.19. The maximum atomic E-state index is 9.20. The van der Waals surface area contributed by atoms with Crippen molar-refractivity contribution in [1.29, 1.82) is 5.26 Å². The Hall–Kier alpha value is -1.34. The van der Waals surface area contributed by atoms with Gasteiger partial charge in [0.25, 0.3) is 0 Å². The van der Waals surface area contributed by atoms with E-state index in [1.54, 1.807) is 0 Å². The summed E-state index contributed by atoms with van der Waals surface area (Å²) >= 11 is 2.35. The Morgan fingerprint density at radius 3 is 2.26 bits per heavy atom. The molecule has 96 valence electrons. The fraction of sp³-hybridized carbons (Fsp3) is 0.235. The minimum Gasteiger partial charge on any atom is -0.192 e. The highest BCUT2D eigenvalue weighted by Gasteiger charge is 2.16. The highest BCUT2D eigenvalue weighted by molar-refractivity contribution is 14.1. The Balaban J connectivity index is 2.57. The summed E-state index contributed by atoms with van der Waals surface area (Å²) in [7, 11) is 0. The summed E-state index contributed by atoms with van der Waals surface area (Å²) in [5, 5.41) is 9.20. The van der Waals surface area contributed by atoms with Crippen molar-refractivity contribution in [3.05, 3.63) is 57.2 Å². The minimum absolute atomic E-state index is 0.146. The number of hydrogen-bond donors (Lipinski definition) is 0. The molecule has 0 spiro atoms. The molecule has 0 radical (unpaired) electrons. The normalized spacial score (nSPS) is 11.1. The van der Waals surface area contributed by atoms with Crippen molar-refractivity contribution in [1.82, 2.24) is 0 Å². The van der Waals surface area contributed by atoms with Crippen LogP contribution in [0.1, 0.15) is 31.9 Å². The van der Waals surface area contributed by atoms with Crippen LogP contribution in [0.15, 0.2) is 42.5 Å². The molecule has 0 amide bonds. The van der Waals surface area contributed by atoms with Gasteiger partial charge in [0.15, 0.2) is 0 Å². The van der Waals surface area contributed by atoms with Crippen LogP contribution in [0.25, 0.3) is 11.1 Å². The lowest BCUT2D eigenvalue weighted by Gasteiger charge is -2.20. The summed E-state index contributed by atoms with van der Waals surface area (Å²) in [5.74, 6) is 0. The van der Waals surface area contributed by atoms with Crippen LogP contribution in [0.3, 0.4) is 0 Å². The van der Waals surface area contributed by atoms with Gasteiger partial charge in [0.1, 0.15) is 0 Å². The van der Waals surface area contributed by atoms with Gasteiger partial charge < -0.3 is 0 Å². The van der Waals surface area contributed by atoms with Crippen molar-refractivity contribution in [3.8, 4) is 17.2 Å². The molecular weight excluding hydrogens is 345 g/mol. The molecule has 2 rings (SSSR count). The second kappa shape index (κ2) is 5.34. The molecule has 0 aliphatic carbocycles. The van der Waals surface area contributed by atoms with Gasteiger partial charge in [-0.15, -0.1) is 0 Å². The zero-order valence-corrected chi connectivity index (χ0v) is 13.5. The van der Waals surface area contributed by atoms with Crippen molar-refractivity contribution < 1.29 is 0 Å². The van der Waals surface area contributed by atoms with E-state index in [-0.39, 0.29) is 5.41 Å². The maximum absolute atomic E-state index is 9.20. The Kier molecular flexibility index (Phi) is 3.96. The van der Waals surface area contributed by atoms with Crippen LogP contribution in [0.4, 0.5) is 0 Å². The van der Waals surface area contributed by atoms with E-state index in [0.29, 0.717) is 0 Å². The smallest absolute Gasteiger partial charge is 0.0998 e. The van der Waals surface area contributed by atoms with Crippen molar-refractivity contribution in [2.24, 2.45) is 0 Å². The number of nitrogens with zero attached hydrogens (tertiary/aromatic N) is 1. The third-order valence-corrected chi connectivity index (χ3v) is 4.07. The lowest BCUT2D eigenvalue weighted by Crippen LogP contribution is -2.11. The van der Waals surface area contributed by atoms with E-state index < -0.39 is 0 Å². The van der Waals surface area contributed by atoms with Crippen LogP contribution in [0, 0.1) is 14.9 Å². The monoisotopic (exact) mass is 361 g/mol. The van der Waals surface area contributed by atoms with Crippen molar-refractivity contribution in [2.45, 2.75) is 26.2 Å². The summed E-state index contributed by atoms with van der Waals surface area (Å²) in [6.07, 6.45) is 0. The van der Waals surface area contributed by atoms with E-state index in [4.69, 9.17) is 0 Å². The lowest BCUT2D eigenvalue weighted by molar-refractivity contribution is 0.590. The zero-order chi connectivity index (χ0) is 14.0. The molecule has 0 aliphatic heterocycles. The van der Waals surface area contributed by atoms with E-state index in [9.17, 15) is 5.26 Å². The number of benzene rings is 2. The molecule has 1 nitrogen and oxygen atoms in total. The number of nitriles is 1. The summed E-state index contributed by atoms with van der Waals surface area (Å²) in [4.78, 5) is 0. The quantitative estimate of drug-likeness (QED) is 0.646. The molecule has 0 aromatic heterocycles.